The maximum Gasteiger partial charge on any atom is 0 e. The first-order valence-electron chi connectivity index (χ1n) is 16.9. The van der Waals surface area contributed by atoms with Crippen molar-refractivity contribution in [3.8, 4) is 0 Å². The number of nitrogens with zero attached hydrogens (tertiary/aromatic N) is 8. The third-order valence-electron chi connectivity index (χ3n) is 12.3. The molecule has 4 saturated carbocycles. The number of aliphatic imine (C=N–C) groups is 4. The molecule has 9 heteroatoms. The van der Waals surface area contributed by atoms with Gasteiger partial charge in [0.2, 0.25) is 0 Å². The van der Waals surface area contributed by atoms with Crippen LogP contribution in [0.2, 0.25) is 0 Å². The van der Waals surface area contributed by atoms with E-state index in [-0.39, 0.29) is 41.7 Å². The standard InChI is InChI=1S/C32H44N8.Cu/c1-2-10-18-17(9-1)25-33-26(18)38-28-21-13-5-6-14-22(21)30(35-28)40-32-24-16-8-7-15-23(24)31(36-32)39-29-20-12-4-3-11-19(20)27(34-29)37-25;/h17-26,29-30H,1-16H2;/q-4;. The van der Waals surface area contributed by atoms with E-state index in [0.29, 0.717) is 47.3 Å². The molecule has 41 heavy (non-hydrogen) atoms. The SMILES string of the molecule is C1CCC2/C3=N/C4[N-]/C(=N\C5[N-]C(/N=C6\[N-]C(/N=C(\[N-]3)C2C1)C1CCCCC61)C1CCCCC51)C1CCCCC41.[Cu]. The summed E-state index contributed by atoms with van der Waals surface area (Å²) >= 11 is 0. The van der Waals surface area contributed by atoms with Crippen molar-refractivity contribution in [2.45, 2.75) is 127 Å². The maximum absolute atomic E-state index is 5.44. The summed E-state index contributed by atoms with van der Waals surface area (Å²) in [6, 6.07) is 0. The van der Waals surface area contributed by atoms with Crippen molar-refractivity contribution in [2.24, 2.45) is 67.3 Å². The molecular formula is C32H44CuN8-4. The molecular weight excluding hydrogens is 560 g/mol. The van der Waals surface area contributed by atoms with E-state index in [0.717, 1.165) is 23.3 Å². The first kappa shape index (κ1) is 27.1. The predicted octanol–water partition coefficient (Wildman–Crippen LogP) is 7.67. The smallest absolute Gasteiger partial charge is 0 e. The van der Waals surface area contributed by atoms with Crippen molar-refractivity contribution >= 4 is 23.3 Å². The van der Waals surface area contributed by atoms with Crippen LogP contribution in [0.5, 0.6) is 0 Å². The van der Waals surface area contributed by atoms with Crippen LogP contribution < -0.4 is 0 Å². The van der Waals surface area contributed by atoms with Gasteiger partial charge in [0.15, 0.2) is 0 Å². The minimum absolute atomic E-state index is 0. The molecule has 4 aliphatic carbocycles. The van der Waals surface area contributed by atoms with Gasteiger partial charge < -0.3 is 41.2 Å². The number of rotatable bonds is 0. The molecule has 227 valence electrons. The van der Waals surface area contributed by atoms with Crippen molar-refractivity contribution in [3.63, 3.8) is 0 Å². The van der Waals surface area contributed by atoms with E-state index in [4.69, 9.17) is 41.2 Å². The van der Waals surface area contributed by atoms with E-state index in [1.165, 1.54) is 103 Å². The van der Waals surface area contributed by atoms with Gasteiger partial charge in [-0.05, 0) is 98.0 Å². The Hall–Kier alpha value is -1.44. The van der Waals surface area contributed by atoms with Gasteiger partial charge in [-0.15, -0.1) is 12.3 Å². The molecule has 9 aliphatic rings. The normalized spacial score (nSPS) is 52.9. The quantitative estimate of drug-likeness (QED) is 0.253. The molecule has 0 aromatic heterocycles. The van der Waals surface area contributed by atoms with Crippen LogP contribution in [0.3, 0.4) is 0 Å². The van der Waals surface area contributed by atoms with Crippen LogP contribution in [0.1, 0.15) is 103 Å². The van der Waals surface area contributed by atoms with Crippen molar-refractivity contribution < 1.29 is 17.1 Å². The van der Waals surface area contributed by atoms with Crippen LogP contribution in [0, 0.1) is 47.3 Å². The van der Waals surface area contributed by atoms with Crippen molar-refractivity contribution in [2.75, 3.05) is 0 Å². The number of amidine groups is 4. The van der Waals surface area contributed by atoms with Crippen LogP contribution in [0.15, 0.2) is 20.0 Å². The van der Waals surface area contributed by atoms with Gasteiger partial charge in [0.25, 0.3) is 0 Å². The van der Waals surface area contributed by atoms with Crippen LogP contribution in [-0.4, -0.2) is 48.0 Å². The summed E-state index contributed by atoms with van der Waals surface area (Å²) < 4.78 is 0. The Morgan fingerprint density at radius 3 is 1.22 bits per heavy atom. The summed E-state index contributed by atoms with van der Waals surface area (Å²) in [4.78, 5) is 21.7. The molecule has 0 aromatic rings. The summed E-state index contributed by atoms with van der Waals surface area (Å²) in [5.41, 5.74) is 0. The zero-order valence-electron chi connectivity index (χ0n) is 24.1. The number of fused-ring (bicyclic) bond motifs is 20. The Kier molecular flexibility index (Phi) is 7.23. The van der Waals surface area contributed by atoms with Crippen molar-refractivity contribution in [1.29, 1.82) is 0 Å². The van der Waals surface area contributed by atoms with E-state index < -0.39 is 0 Å². The van der Waals surface area contributed by atoms with Gasteiger partial charge in [-0.1, -0.05) is 87.7 Å². The second-order valence-electron chi connectivity index (χ2n) is 14.3. The Morgan fingerprint density at radius 2 is 0.756 bits per heavy atom. The van der Waals surface area contributed by atoms with Gasteiger partial charge in [0, 0.05) is 17.1 Å². The average molecular weight is 604 g/mol. The molecule has 5 heterocycles. The van der Waals surface area contributed by atoms with Gasteiger partial charge in [-0.25, -0.2) is 0 Å². The molecule has 5 aliphatic heterocycles. The van der Waals surface area contributed by atoms with Gasteiger partial charge in [0.05, 0.1) is 0 Å². The predicted molar refractivity (Wildman–Crippen MR) is 160 cm³/mol. The van der Waals surface area contributed by atoms with Crippen LogP contribution in [0.4, 0.5) is 0 Å². The van der Waals surface area contributed by atoms with Crippen molar-refractivity contribution in [1.82, 2.24) is 0 Å². The second-order valence-corrected chi connectivity index (χ2v) is 14.3. The molecule has 1 radical (unpaired) electrons. The maximum atomic E-state index is 5.44. The fraction of sp³-hybridized carbons (Fsp3) is 0.875. The molecule has 9 rings (SSSR count). The van der Waals surface area contributed by atoms with Gasteiger partial charge in [-0.2, -0.15) is 0 Å². The van der Waals surface area contributed by atoms with Gasteiger partial charge in [-0.3, -0.25) is 0 Å². The largest absolute Gasteiger partial charge is 0.658 e. The van der Waals surface area contributed by atoms with E-state index in [2.05, 4.69) is 0 Å². The third kappa shape index (κ3) is 4.54. The summed E-state index contributed by atoms with van der Waals surface area (Å²) in [5.74, 6) is 7.87. The minimum atomic E-state index is -0.0273. The summed E-state index contributed by atoms with van der Waals surface area (Å²) in [6.45, 7) is 0. The second kappa shape index (κ2) is 10.9. The number of hydrogen-bond donors (Lipinski definition) is 0. The third-order valence-corrected chi connectivity index (χ3v) is 12.3. The minimum Gasteiger partial charge on any atom is -0.658 e. The van der Waals surface area contributed by atoms with Crippen LogP contribution in [0.25, 0.3) is 21.3 Å². The zero-order chi connectivity index (χ0) is 26.2. The first-order chi connectivity index (χ1) is 19.8. The van der Waals surface area contributed by atoms with Crippen molar-refractivity contribution in [3.05, 3.63) is 21.3 Å². The van der Waals surface area contributed by atoms with E-state index in [9.17, 15) is 0 Å². The topological polar surface area (TPSA) is 106 Å². The Morgan fingerprint density at radius 1 is 0.390 bits per heavy atom. The Balaban J connectivity index is 0.00000256. The van der Waals surface area contributed by atoms with E-state index >= 15 is 0 Å². The molecule has 0 amide bonds. The van der Waals surface area contributed by atoms with E-state index in [1.54, 1.807) is 0 Å². The van der Waals surface area contributed by atoms with E-state index in [1.807, 2.05) is 0 Å². The fourth-order valence-electron chi connectivity index (χ4n) is 10.2. The molecule has 4 saturated heterocycles. The molecule has 8 bridgehead atoms. The molecule has 0 N–H and O–H groups in total. The molecule has 12 unspecified atom stereocenters. The van der Waals surface area contributed by atoms with Crippen LogP contribution >= 0.6 is 0 Å². The zero-order valence-corrected chi connectivity index (χ0v) is 25.1. The first-order valence-corrected chi connectivity index (χ1v) is 16.9. The molecule has 0 spiro atoms. The van der Waals surface area contributed by atoms with Gasteiger partial charge in [0.1, 0.15) is 0 Å². The molecule has 0 aromatic carbocycles. The average Bonchev–Trinajstić information content (AvgIpc) is 3.73. The van der Waals surface area contributed by atoms with Crippen LogP contribution in [-0.2, 0) is 17.1 Å². The Labute approximate surface area is 255 Å². The monoisotopic (exact) mass is 603 g/mol. The van der Waals surface area contributed by atoms with Gasteiger partial charge >= 0.3 is 0 Å². The fourth-order valence-corrected chi connectivity index (χ4v) is 10.2. The Bertz CT molecular complexity index is 1060. The molecule has 8 fully saturated rings. The summed E-state index contributed by atoms with van der Waals surface area (Å²) in [6.07, 6.45) is 19.8. The summed E-state index contributed by atoms with van der Waals surface area (Å²) in [7, 11) is 0. The molecule has 8 nitrogen and oxygen atoms in total. The number of hydrogen-bond acceptors (Lipinski definition) is 4. The molecule has 12 atom stereocenters. The summed E-state index contributed by atoms with van der Waals surface area (Å²) in [5, 5.41) is 21.3.